The Morgan fingerprint density at radius 3 is 1.50 bits per heavy atom. The predicted octanol–water partition coefficient (Wildman–Crippen LogP) is -3.68. The third kappa shape index (κ3) is 15.7. The first-order valence-corrected chi connectivity index (χ1v) is 17.5. The Kier molecular flexibility index (Phi) is 18.1. The van der Waals surface area contributed by atoms with Gasteiger partial charge < -0.3 is 62.7 Å². The number of H-pyrrole nitrogens is 2. The van der Waals surface area contributed by atoms with Crippen LogP contribution in [0.2, 0.25) is 0 Å². The second-order valence-corrected chi connectivity index (χ2v) is 12.7. The number of nitrogens with zero attached hydrogens (tertiary/aromatic N) is 2. The maximum absolute atomic E-state index is 13.5. The van der Waals surface area contributed by atoms with Crippen LogP contribution in [0.1, 0.15) is 43.5 Å². The highest BCUT2D eigenvalue weighted by Gasteiger charge is 2.34. The van der Waals surface area contributed by atoms with Gasteiger partial charge in [0, 0.05) is 43.0 Å². The van der Waals surface area contributed by atoms with Crippen molar-refractivity contribution < 1.29 is 63.6 Å². The summed E-state index contributed by atoms with van der Waals surface area (Å²) >= 11 is 1.44. The molecule has 0 bridgehead atoms. The Balaban J connectivity index is 2.34. The van der Waals surface area contributed by atoms with Crippen molar-refractivity contribution in [2.75, 3.05) is 12.0 Å². The molecule has 5 amide bonds. The number of carboxylic acids is 4. The number of aromatic amines is 2. The number of carboxylic acid groups (broad SMARTS) is 4. The monoisotopic (exact) mass is 782 g/mol. The SMILES string of the molecule is CSCC[C@H](N)C(=O)N[C@@H](Cc1cnc[nH]1)C(=O)N[C@@H](CC(=O)O)C(=O)N[C@@H](CCC(=O)O)C(=O)N[C@@H](Cc1cnc[nH]1)C(=O)N[C@@H](CC(=O)O)C(=O)O. The van der Waals surface area contributed by atoms with Crippen molar-refractivity contribution in [2.45, 2.75) is 81.2 Å². The smallest absolute Gasteiger partial charge is 0.326 e. The molecule has 2 heterocycles. The molecule has 0 spiro atoms. The van der Waals surface area contributed by atoms with Crippen LogP contribution < -0.4 is 32.3 Å². The summed E-state index contributed by atoms with van der Waals surface area (Å²) in [5.41, 5.74) is 6.57. The largest absolute Gasteiger partial charge is 0.481 e. The van der Waals surface area contributed by atoms with Crippen molar-refractivity contribution in [1.82, 2.24) is 46.5 Å². The van der Waals surface area contributed by atoms with Crippen LogP contribution in [0.3, 0.4) is 0 Å². The molecule has 0 aliphatic heterocycles. The van der Waals surface area contributed by atoms with E-state index in [9.17, 15) is 58.5 Å². The van der Waals surface area contributed by atoms with E-state index in [-0.39, 0.29) is 25.0 Å². The summed E-state index contributed by atoms with van der Waals surface area (Å²) in [7, 11) is 0. The van der Waals surface area contributed by atoms with Gasteiger partial charge in [0.25, 0.3) is 0 Å². The van der Waals surface area contributed by atoms with Crippen LogP contribution in [0.25, 0.3) is 0 Å². The summed E-state index contributed by atoms with van der Waals surface area (Å²) in [5, 5.41) is 48.5. The van der Waals surface area contributed by atoms with Crippen LogP contribution in [0.15, 0.2) is 25.0 Å². The van der Waals surface area contributed by atoms with Gasteiger partial charge in [0.15, 0.2) is 0 Å². The molecule has 54 heavy (non-hydrogen) atoms. The molecule has 0 fully saturated rings. The average molecular weight is 783 g/mol. The number of hydrogen-bond donors (Lipinski definition) is 12. The molecule has 2 aromatic heterocycles. The molecular weight excluding hydrogens is 740 g/mol. The molecule has 2 aromatic rings. The number of aromatic nitrogens is 4. The zero-order valence-corrected chi connectivity index (χ0v) is 29.6. The molecule has 0 unspecified atom stereocenters. The summed E-state index contributed by atoms with van der Waals surface area (Å²) in [6.45, 7) is 0. The van der Waals surface area contributed by atoms with E-state index < -0.39 is 115 Å². The van der Waals surface area contributed by atoms with Gasteiger partial charge in [0.1, 0.15) is 30.2 Å². The summed E-state index contributed by atoms with van der Waals surface area (Å²) in [5.74, 6) is -11.0. The number of carbonyl (C=O) groups is 9. The zero-order chi connectivity index (χ0) is 40.4. The zero-order valence-electron chi connectivity index (χ0n) is 28.8. The summed E-state index contributed by atoms with van der Waals surface area (Å²) < 4.78 is 0. The van der Waals surface area contributed by atoms with Crippen molar-refractivity contribution in [3.8, 4) is 0 Å². The molecule has 6 atom stereocenters. The molecule has 0 radical (unpaired) electrons. The van der Waals surface area contributed by atoms with E-state index in [0.717, 1.165) is 0 Å². The van der Waals surface area contributed by atoms with Gasteiger partial charge in [0.2, 0.25) is 29.5 Å². The second kappa shape index (κ2) is 22.1. The van der Waals surface area contributed by atoms with Crippen LogP contribution in [-0.4, -0.2) is 142 Å². The quantitative estimate of drug-likeness (QED) is 0.0461. The van der Waals surface area contributed by atoms with Crippen LogP contribution in [0.5, 0.6) is 0 Å². The molecule has 0 aliphatic rings. The first kappa shape index (κ1) is 44.1. The Morgan fingerprint density at radius 2 is 1.06 bits per heavy atom. The van der Waals surface area contributed by atoms with E-state index in [1.807, 2.05) is 5.32 Å². The van der Waals surface area contributed by atoms with Crippen molar-refractivity contribution in [1.29, 1.82) is 0 Å². The topological polar surface area (TPSA) is 378 Å². The summed E-state index contributed by atoms with van der Waals surface area (Å²) in [6.07, 6.45) is 3.31. The van der Waals surface area contributed by atoms with Crippen LogP contribution >= 0.6 is 11.8 Å². The van der Waals surface area contributed by atoms with Gasteiger partial charge in [-0.15, -0.1) is 0 Å². The Labute approximate surface area is 310 Å². The molecule has 2 rings (SSSR count). The Bertz CT molecular complexity index is 1620. The van der Waals surface area contributed by atoms with E-state index in [0.29, 0.717) is 11.4 Å². The molecule has 0 aliphatic carbocycles. The third-order valence-corrected chi connectivity index (χ3v) is 8.12. The number of nitrogens with one attached hydrogen (secondary N) is 7. The number of rotatable bonds is 25. The lowest BCUT2D eigenvalue weighted by atomic mass is 10.1. The van der Waals surface area contributed by atoms with Crippen LogP contribution in [0, 0.1) is 0 Å². The average Bonchev–Trinajstić information content (AvgIpc) is 3.81. The summed E-state index contributed by atoms with van der Waals surface area (Å²) in [4.78, 5) is 126. The number of imidazole rings is 2. The second-order valence-electron chi connectivity index (χ2n) is 11.7. The Morgan fingerprint density at radius 1 is 0.630 bits per heavy atom. The van der Waals surface area contributed by atoms with Gasteiger partial charge in [-0.3, -0.25) is 38.4 Å². The van der Waals surface area contributed by atoms with Gasteiger partial charge in [0.05, 0.1) is 31.5 Å². The van der Waals surface area contributed by atoms with Crippen molar-refractivity contribution in [2.24, 2.45) is 5.73 Å². The highest BCUT2D eigenvalue weighted by molar-refractivity contribution is 7.98. The molecule has 13 N–H and O–H groups in total. The molecule has 0 saturated heterocycles. The number of hydrogen-bond acceptors (Lipinski definition) is 13. The molecule has 0 saturated carbocycles. The highest BCUT2D eigenvalue weighted by atomic mass is 32.2. The molecular formula is C30H42N10O13S. The lowest BCUT2D eigenvalue weighted by Crippen LogP contribution is -2.60. The fourth-order valence-corrected chi connectivity index (χ4v) is 5.18. The standard InChI is InChI=1S/C30H42N10O13S/c1-54-5-4-16(31)25(47)37-18(6-14-10-32-12-34-14)27(49)39-20(8-23(43)44)29(51)36-17(2-3-22(41)42)26(48)38-19(7-15-11-33-13-35-15)28(50)40-21(30(52)53)9-24(45)46/h10-13,16-21H,2-9,31H2,1H3,(H,32,34)(H,33,35)(H,36,51)(H,37,47)(H,38,48)(H,39,49)(H,40,50)(H,41,42)(H,43,44)(H,45,46)(H,52,53)/t16-,17-,18-,19-,20-,21-/m0/s1. The van der Waals surface area contributed by atoms with Crippen LogP contribution in [-0.2, 0) is 56.0 Å². The van der Waals surface area contributed by atoms with Gasteiger partial charge in [-0.05, 0) is 24.9 Å². The number of aliphatic carboxylic acids is 4. The van der Waals surface area contributed by atoms with E-state index in [4.69, 9.17) is 10.8 Å². The number of nitrogens with two attached hydrogens (primary N) is 1. The van der Waals surface area contributed by atoms with Crippen molar-refractivity contribution >= 4 is 65.2 Å². The van der Waals surface area contributed by atoms with E-state index in [1.54, 1.807) is 6.26 Å². The van der Waals surface area contributed by atoms with E-state index in [1.165, 1.54) is 36.8 Å². The third-order valence-electron chi connectivity index (χ3n) is 7.48. The van der Waals surface area contributed by atoms with Gasteiger partial charge in [-0.25, -0.2) is 14.8 Å². The maximum Gasteiger partial charge on any atom is 0.326 e. The van der Waals surface area contributed by atoms with E-state index >= 15 is 0 Å². The first-order chi connectivity index (χ1) is 25.5. The van der Waals surface area contributed by atoms with Crippen LogP contribution in [0.4, 0.5) is 0 Å². The van der Waals surface area contributed by atoms with Gasteiger partial charge in [-0.2, -0.15) is 11.8 Å². The number of thioether (sulfide) groups is 1. The fourth-order valence-electron chi connectivity index (χ4n) is 4.69. The summed E-state index contributed by atoms with van der Waals surface area (Å²) in [6, 6.07) is -9.62. The van der Waals surface area contributed by atoms with Crippen molar-refractivity contribution in [3.63, 3.8) is 0 Å². The molecule has 23 nitrogen and oxygen atoms in total. The highest BCUT2D eigenvalue weighted by Crippen LogP contribution is 2.08. The van der Waals surface area contributed by atoms with Crippen molar-refractivity contribution in [3.05, 3.63) is 36.4 Å². The fraction of sp³-hybridized carbons (Fsp3) is 0.500. The van der Waals surface area contributed by atoms with Gasteiger partial charge >= 0.3 is 23.9 Å². The van der Waals surface area contributed by atoms with Gasteiger partial charge in [-0.1, -0.05) is 0 Å². The lowest BCUT2D eigenvalue weighted by molar-refractivity contribution is -0.147. The number of carbonyl (C=O) groups excluding carboxylic acids is 5. The predicted molar refractivity (Wildman–Crippen MR) is 184 cm³/mol. The molecule has 296 valence electrons. The maximum atomic E-state index is 13.5. The van der Waals surface area contributed by atoms with E-state index in [2.05, 4.69) is 41.2 Å². The minimum absolute atomic E-state index is 0.188. The Hall–Kier alpha value is -6.04. The lowest BCUT2D eigenvalue weighted by Gasteiger charge is -2.26. The number of amides is 5. The first-order valence-electron chi connectivity index (χ1n) is 16.1. The molecule has 0 aromatic carbocycles. The normalized spacial score (nSPS) is 14.2. The minimum atomic E-state index is -1.91. The molecule has 24 heteroatoms. The minimum Gasteiger partial charge on any atom is -0.481 e.